The van der Waals surface area contributed by atoms with Gasteiger partial charge in [-0.1, -0.05) is 52.0 Å². The molecule has 200 valence electrons. The van der Waals surface area contributed by atoms with E-state index in [1.807, 2.05) is 35.3 Å². The van der Waals surface area contributed by atoms with Crippen LogP contribution in [0.2, 0.25) is 5.02 Å². The lowest BCUT2D eigenvalue weighted by molar-refractivity contribution is 0.412. The molecular weight excluding hydrogens is 482 g/mol. The molecule has 0 aliphatic carbocycles. The quantitative estimate of drug-likeness (QED) is 0.284. The van der Waals surface area contributed by atoms with Crippen LogP contribution in [0.3, 0.4) is 0 Å². The molecule has 1 aliphatic heterocycles. The molecule has 0 radical (unpaired) electrons. The first-order valence-electron chi connectivity index (χ1n) is 13.1. The number of pyridine rings is 1. The molecule has 4 rings (SSSR count). The van der Waals surface area contributed by atoms with E-state index in [2.05, 4.69) is 80.2 Å². The number of benzene rings is 1. The fraction of sp³-hybridized carbons (Fsp3) is 0.448. The summed E-state index contributed by atoms with van der Waals surface area (Å²) in [5.74, 6) is 1.55. The third-order valence-electron chi connectivity index (χ3n) is 7.37. The molecule has 0 fully saturated rings. The van der Waals surface area contributed by atoms with Gasteiger partial charge in [-0.15, -0.1) is 0 Å². The highest BCUT2D eigenvalue weighted by Crippen LogP contribution is 2.52. The van der Waals surface area contributed by atoms with Crippen LogP contribution in [-0.2, 0) is 12.0 Å². The van der Waals surface area contributed by atoms with Gasteiger partial charge in [0.25, 0.3) is 0 Å². The van der Waals surface area contributed by atoms with Crippen molar-refractivity contribution in [1.29, 1.82) is 0 Å². The number of rotatable bonds is 10. The number of allylic oxidation sites excluding steroid dienone is 1. The van der Waals surface area contributed by atoms with E-state index < -0.39 is 0 Å². The van der Waals surface area contributed by atoms with E-state index in [4.69, 9.17) is 16.6 Å². The standard InChI is InChI=1S/C28H37ClN6.CH5N/c1-8-14-28(10-3)19(4)34(25-17-30-15-13-22(25)28)18-26-31-23-12-11-21(29)16-24(23)35(26)33-20(5)32-27(6,7)9-2;1-2/h11-13,15-17,32-33H,4-5,8-10,14,18H2,1-3,6-7H3;2H2,1H3. The van der Waals surface area contributed by atoms with Crippen molar-refractivity contribution in [2.75, 3.05) is 17.4 Å². The third kappa shape index (κ3) is 5.48. The van der Waals surface area contributed by atoms with Crippen molar-refractivity contribution < 1.29 is 0 Å². The molecule has 0 saturated heterocycles. The fourth-order valence-electron chi connectivity index (χ4n) is 5.15. The summed E-state index contributed by atoms with van der Waals surface area (Å²) in [6.45, 7) is 20.3. The minimum absolute atomic E-state index is 0.0864. The van der Waals surface area contributed by atoms with Crippen molar-refractivity contribution in [1.82, 2.24) is 20.0 Å². The predicted octanol–water partition coefficient (Wildman–Crippen LogP) is 6.43. The number of nitrogens with two attached hydrogens (primary N) is 1. The Hall–Kier alpha value is -3.03. The highest BCUT2D eigenvalue weighted by Gasteiger charge is 2.44. The number of hydrogen-bond donors (Lipinski definition) is 3. The van der Waals surface area contributed by atoms with Gasteiger partial charge in [0.05, 0.1) is 29.5 Å². The molecule has 1 atom stereocenters. The summed E-state index contributed by atoms with van der Waals surface area (Å²) < 4.78 is 1.98. The van der Waals surface area contributed by atoms with E-state index in [1.165, 1.54) is 12.6 Å². The largest absolute Gasteiger partial charge is 0.366 e. The zero-order chi connectivity index (χ0) is 27.4. The molecule has 0 bridgehead atoms. The zero-order valence-corrected chi connectivity index (χ0v) is 23.9. The lowest BCUT2D eigenvalue weighted by atomic mass is 9.74. The number of halogens is 1. The molecule has 0 amide bonds. The van der Waals surface area contributed by atoms with Gasteiger partial charge in [0.2, 0.25) is 0 Å². The average molecular weight is 524 g/mol. The number of aromatic nitrogens is 3. The van der Waals surface area contributed by atoms with Gasteiger partial charge in [-0.05, 0) is 70.0 Å². The Kier molecular flexibility index (Phi) is 8.92. The van der Waals surface area contributed by atoms with Crippen LogP contribution in [0.15, 0.2) is 61.3 Å². The Bertz CT molecular complexity index is 1260. The number of fused-ring (bicyclic) bond motifs is 2. The van der Waals surface area contributed by atoms with Crippen LogP contribution in [0.25, 0.3) is 11.0 Å². The van der Waals surface area contributed by atoms with Crippen LogP contribution >= 0.6 is 11.6 Å². The molecule has 37 heavy (non-hydrogen) atoms. The van der Waals surface area contributed by atoms with Gasteiger partial charge in [-0.3, -0.25) is 10.4 Å². The Morgan fingerprint density at radius 3 is 2.57 bits per heavy atom. The van der Waals surface area contributed by atoms with E-state index >= 15 is 0 Å². The molecule has 3 aromatic rings. The normalized spacial score (nSPS) is 16.9. The first-order chi connectivity index (χ1) is 17.7. The van der Waals surface area contributed by atoms with Crippen LogP contribution in [0.4, 0.5) is 5.69 Å². The second-order valence-corrected chi connectivity index (χ2v) is 10.5. The van der Waals surface area contributed by atoms with Crippen molar-refractivity contribution in [3.05, 3.63) is 77.7 Å². The fourth-order valence-corrected chi connectivity index (χ4v) is 5.32. The van der Waals surface area contributed by atoms with Crippen LogP contribution < -0.4 is 21.4 Å². The van der Waals surface area contributed by atoms with E-state index in [0.29, 0.717) is 17.4 Å². The summed E-state index contributed by atoms with van der Waals surface area (Å²) in [4.78, 5) is 11.7. The molecular formula is C29H42ClN7. The second-order valence-electron chi connectivity index (χ2n) is 10.1. The Labute approximate surface area is 226 Å². The molecule has 7 nitrogen and oxygen atoms in total. The summed E-state index contributed by atoms with van der Waals surface area (Å²) >= 11 is 6.38. The first kappa shape index (κ1) is 28.5. The van der Waals surface area contributed by atoms with Crippen molar-refractivity contribution in [2.45, 2.75) is 77.8 Å². The molecule has 1 unspecified atom stereocenters. The lowest BCUT2D eigenvalue weighted by Crippen LogP contribution is -2.41. The Morgan fingerprint density at radius 1 is 1.19 bits per heavy atom. The topological polar surface area (TPSA) is 84.0 Å². The summed E-state index contributed by atoms with van der Waals surface area (Å²) in [6, 6.07) is 7.91. The van der Waals surface area contributed by atoms with E-state index in [0.717, 1.165) is 53.9 Å². The Morgan fingerprint density at radius 2 is 1.92 bits per heavy atom. The van der Waals surface area contributed by atoms with Gasteiger partial charge in [-0.25, -0.2) is 9.66 Å². The van der Waals surface area contributed by atoms with Gasteiger partial charge in [-0.2, -0.15) is 0 Å². The van der Waals surface area contributed by atoms with Crippen LogP contribution in [-0.4, -0.2) is 27.2 Å². The van der Waals surface area contributed by atoms with Gasteiger partial charge in [0.1, 0.15) is 11.6 Å². The van der Waals surface area contributed by atoms with Crippen LogP contribution in [0.5, 0.6) is 0 Å². The SMILES string of the molecule is C=C(Nn1c(CN2C(=C)C(CC)(CCC)c3ccncc32)nc2ccc(Cl)cc21)NC(C)(C)CC.CN. The van der Waals surface area contributed by atoms with Crippen molar-refractivity contribution in [3.63, 3.8) is 0 Å². The molecule has 8 heteroatoms. The average Bonchev–Trinajstić information content (AvgIpc) is 3.33. The van der Waals surface area contributed by atoms with Crippen molar-refractivity contribution >= 4 is 28.3 Å². The van der Waals surface area contributed by atoms with Crippen molar-refractivity contribution in [2.24, 2.45) is 5.73 Å². The maximum Gasteiger partial charge on any atom is 0.148 e. The highest BCUT2D eigenvalue weighted by molar-refractivity contribution is 6.31. The smallest absolute Gasteiger partial charge is 0.148 e. The summed E-state index contributed by atoms with van der Waals surface area (Å²) in [5, 5.41) is 4.14. The van der Waals surface area contributed by atoms with E-state index in [1.54, 1.807) is 0 Å². The van der Waals surface area contributed by atoms with E-state index in [9.17, 15) is 0 Å². The summed E-state index contributed by atoms with van der Waals surface area (Å²) in [5.41, 5.74) is 13.0. The predicted molar refractivity (Wildman–Crippen MR) is 157 cm³/mol. The second kappa shape index (κ2) is 11.6. The minimum Gasteiger partial charge on any atom is -0.366 e. The third-order valence-corrected chi connectivity index (χ3v) is 7.61. The highest BCUT2D eigenvalue weighted by atomic mass is 35.5. The number of imidazole rings is 1. The van der Waals surface area contributed by atoms with Crippen LogP contribution in [0.1, 0.15) is 71.7 Å². The summed E-state index contributed by atoms with van der Waals surface area (Å²) in [6.07, 6.45) is 7.93. The van der Waals surface area contributed by atoms with Crippen molar-refractivity contribution in [3.8, 4) is 0 Å². The lowest BCUT2D eigenvalue weighted by Gasteiger charge is -2.32. The summed E-state index contributed by atoms with van der Waals surface area (Å²) in [7, 11) is 1.50. The molecule has 0 spiro atoms. The zero-order valence-electron chi connectivity index (χ0n) is 23.2. The molecule has 1 aromatic carbocycles. The first-order valence-corrected chi connectivity index (χ1v) is 13.4. The van der Waals surface area contributed by atoms with Gasteiger partial charge in [0.15, 0.2) is 0 Å². The molecule has 1 aliphatic rings. The molecule has 2 aromatic heterocycles. The monoisotopic (exact) mass is 523 g/mol. The number of nitrogens with one attached hydrogen (secondary N) is 2. The Balaban J connectivity index is 0.00000186. The van der Waals surface area contributed by atoms with Gasteiger partial charge >= 0.3 is 0 Å². The molecule has 4 N–H and O–H groups in total. The molecule has 3 heterocycles. The maximum atomic E-state index is 6.38. The number of nitrogens with zero attached hydrogens (tertiary/aromatic N) is 4. The minimum atomic E-state index is -0.0903. The number of hydrogen-bond acceptors (Lipinski definition) is 6. The molecule has 0 saturated carbocycles. The van der Waals surface area contributed by atoms with Gasteiger partial charge in [0, 0.05) is 27.9 Å². The van der Waals surface area contributed by atoms with Crippen LogP contribution in [0, 0.1) is 0 Å². The van der Waals surface area contributed by atoms with E-state index in [-0.39, 0.29) is 11.0 Å². The maximum absolute atomic E-state index is 6.38. The number of anilines is 1. The van der Waals surface area contributed by atoms with Gasteiger partial charge < -0.3 is 16.0 Å².